The summed E-state index contributed by atoms with van der Waals surface area (Å²) in [6.07, 6.45) is 1.75. The first-order valence-electron chi connectivity index (χ1n) is 5.59. The number of pyridine rings is 1. The Bertz CT molecular complexity index is 624. The van der Waals surface area contributed by atoms with Crippen molar-refractivity contribution in [1.29, 1.82) is 0 Å². The molecule has 0 fully saturated rings. The molecule has 0 atom stereocenters. The second-order valence-corrected chi connectivity index (χ2v) is 4.49. The van der Waals surface area contributed by atoms with E-state index in [4.69, 9.17) is 16.7 Å². The van der Waals surface area contributed by atoms with Gasteiger partial charge in [-0.3, -0.25) is 4.68 Å². The highest BCUT2D eigenvalue weighted by atomic mass is 35.5. The number of nitrogens with zero attached hydrogens (tertiary/aromatic N) is 3. The molecule has 0 spiro atoms. The number of aromatic nitrogens is 3. The highest BCUT2D eigenvalue weighted by Gasteiger charge is 2.08. The van der Waals surface area contributed by atoms with Gasteiger partial charge in [0.2, 0.25) is 0 Å². The van der Waals surface area contributed by atoms with Crippen LogP contribution >= 0.6 is 11.6 Å². The van der Waals surface area contributed by atoms with Crippen LogP contribution < -0.4 is 5.32 Å². The van der Waals surface area contributed by atoms with E-state index in [-0.39, 0.29) is 10.7 Å². The summed E-state index contributed by atoms with van der Waals surface area (Å²) in [7, 11) is 1.86. The summed E-state index contributed by atoms with van der Waals surface area (Å²) in [5.41, 5.74) is 2.15. The Balaban J connectivity index is 2.15. The summed E-state index contributed by atoms with van der Waals surface area (Å²) in [6.45, 7) is 2.46. The molecule has 6 nitrogen and oxygen atoms in total. The molecule has 2 N–H and O–H groups in total. The SMILES string of the molecule is Cc1c(CNc2cc(C(=O)O)cc(Cl)n2)cnn1C. The average molecular weight is 281 g/mol. The van der Waals surface area contributed by atoms with Crippen LogP contribution in [0.1, 0.15) is 21.6 Å². The maximum absolute atomic E-state index is 10.9. The third-order valence-corrected chi connectivity index (χ3v) is 3.03. The summed E-state index contributed by atoms with van der Waals surface area (Å²) < 4.78 is 1.77. The van der Waals surface area contributed by atoms with Gasteiger partial charge < -0.3 is 10.4 Å². The van der Waals surface area contributed by atoms with E-state index in [0.29, 0.717) is 12.4 Å². The number of rotatable bonds is 4. The van der Waals surface area contributed by atoms with Crippen molar-refractivity contribution in [2.45, 2.75) is 13.5 Å². The van der Waals surface area contributed by atoms with Gasteiger partial charge in [-0.2, -0.15) is 5.10 Å². The topological polar surface area (TPSA) is 80.0 Å². The van der Waals surface area contributed by atoms with E-state index in [0.717, 1.165) is 11.3 Å². The largest absolute Gasteiger partial charge is 0.478 e. The number of halogens is 1. The fourth-order valence-electron chi connectivity index (χ4n) is 1.61. The van der Waals surface area contributed by atoms with Crippen LogP contribution in [0.15, 0.2) is 18.3 Å². The number of carboxylic acid groups (broad SMARTS) is 1. The monoisotopic (exact) mass is 280 g/mol. The van der Waals surface area contributed by atoms with E-state index in [2.05, 4.69) is 15.4 Å². The Morgan fingerprint density at radius 2 is 2.26 bits per heavy atom. The van der Waals surface area contributed by atoms with Gasteiger partial charge in [0.05, 0.1) is 11.8 Å². The lowest BCUT2D eigenvalue weighted by Crippen LogP contribution is -2.05. The summed E-state index contributed by atoms with van der Waals surface area (Å²) in [4.78, 5) is 14.9. The van der Waals surface area contributed by atoms with Gasteiger partial charge in [-0.05, 0) is 19.1 Å². The number of anilines is 1. The van der Waals surface area contributed by atoms with Crippen LogP contribution in [-0.4, -0.2) is 25.8 Å². The number of hydrogen-bond acceptors (Lipinski definition) is 4. The zero-order chi connectivity index (χ0) is 14.0. The predicted octanol–water partition coefficient (Wildman–Crippen LogP) is 2.09. The molecule has 0 aromatic carbocycles. The van der Waals surface area contributed by atoms with Crippen LogP contribution in [0.25, 0.3) is 0 Å². The number of carboxylic acids is 1. The van der Waals surface area contributed by atoms with Crippen molar-refractivity contribution in [1.82, 2.24) is 14.8 Å². The Kier molecular flexibility index (Phi) is 3.71. The van der Waals surface area contributed by atoms with Crippen molar-refractivity contribution in [2.24, 2.45) is 7.05 Å². The molecule has 2 heterocycles. The molecule has 0 aliphatic rings. The molecule has 2 rings (SSSR count). The van der Waals surface area contributed by atoms with E-state index >= 15 is 0 Å². The quantitative estimate of drug-likeness (QED) is 0.838. The minimum absolute atomic E-state index is 0.102. The Labute approximate surface area is 115 Å². The van der Waals surface area contributed by atoms with E-state index < -0.39 is 5.97 Å². The van der Waals surface area contributed by atoms with Gasteiger partial charge in [0, 0.05) is 24.8 Å². The van der Waals surface area contributed by atoms with Gasteiger partial charge in [-0.15, -0.1) is 0 Å². The molecule has 0 saturated carbocycles. The minimum atomic E-state index is -1.04. The maximum Gasteiger partial charge on any atom is 0.335 e. The molecule has 0 radical (unpaired) electrons. The Hall–Kier alpha value is -2.08. The maximum atomic E-state index is 10.9. The van der Waals surface area contributed by atoms with Crippen molar-refractivity contribution < 1.29 is 9.90 Å². The lowest BCUT2D eigenvalue weighted by molar-refractivity contribution is 0.0697. The average Bonchev–Trinajstić information content (AvgIpc) is 2.67. The van der Waals surface area contributed by atoms with Crippen molar-refractivity contribution >= 4 is 23.4 Å². The molecule has 0 bridgehead atoms. The number of hydrogen-bond donors (Lipinski definition) is 2. The summed E-state index contributed by atoms with van der Waals surface area (Å²) in [5, 5.41) is 16.2. The molecule has 19 heavy (non-hydrogen) atoms. The zero-order valence-electron chi connectivity index (χ0n) is 10.5. The van der Waals surface area contributed by atoms with E-state index in [9.17, 15) is 4.79 Å². The smallest absolute Gasteiger partial charge is 0.335 e. The summed E-state index contributed by atoms with van der Waals surface area (Å²) in [5.74, 6) is -0.613. The molecule has 0 amide bonds. The third kappa shape index (κ3) is 3.03. The molecule has 0 unspecified atom stereocenters. The molecular weight excluding hydrogens is 268 g/mol. The second-order valence-electron chi connectivity index (χ2n) is 4.10. The zero-order valence-corrected chi connectivity index (χ0v) is 11.3. The first kappa shape index (κ1) is 13.4. The molecule has 2 aromatic heterocycles. The standard InChI is InChI=1S/C12H13ClN4O2/c1-7-9(6-15-17(7)2)5-14-11-4-8(12(18)19)3-10(13)16-11/h3-4,6H,5H2,1-2H3,(H,14,16)(H,18,19). The minimum Gasteiger partial charge on any atom is -0.478 e. The van der Waals surface area contributed by atoms with Gasteiger partial charge >= 0.3 is 5.97 Å². The first-order valence-corrected chi connectivity index (χ1v) is 5.97. The van der Waals surface area contributed by atoms with Crippen molar-refractivity contribution in [2.75, 3.05) is 5.32 Å². The number of aryl methyl sites for hydroxylation is 1. The van der Waals surface area contributed by atoms with Crippen LogP contribution in [0.5, 0.6) is 0 Å². The molecule has 0 aliphatic carbocycles. The number of nitrogens with one attached hydrogen (secondary N) is 1. The molecular formula is C12H13ClN4O2. The van der Waals surface area contributed by atoms with Gasteiger partial charge in [0.15, 0.2) is 0 Å². The van der Waals surface area contributed by atoms with Crippen LogP contribution in [0.2, 0.25) is 5.15 Å². The number of aromatic carboxylic acids is 1. The second kappa shape index (κ2) is 5.27. The molecule has 100 valence electrons. The van der Waals surface area contributed by atoms with Crippen LogP contribution in [-0.2, 0) is 13.6 Å². The molecule has 0 saturated heterocycles. The van der Waals surface area contributed by atoms with E-state index in [1.807, 2.05) is 14.0 Å². The Morgan fingerprint density at radius 1 is 1.53 bits per heavy atom. The third-order valence-electron chi connectivity index (χ3n) is 2.84. The van der Waals surface area contributed by atoms with Crippen LogP contribution in [0.4, 0.5) is 5.82 Å². The lowest BCUT2D eigenvalue weighted by Gasteiger charge is -2.06. The summed E-state index contributed by atoms with van der Waals surface area (Å²) in [6, 6.07) is 2.75. The fraction of sp³-hybridized carbons (Fsp3) is 0.250. The van der Waals surface area contributed by atoms with Crippen LogP contribution in [0, 0.1) is 6.92 Å². The van der Waals surface area contributed by atoms with Crippen molar-refractivity contribution in [3.63, 3.8) is 0 Å². The van der Waals surface area contributed by atoms with E-state index in [1.54, 1.807) is 10.9 Å². The van der Waals surface area contributed by atoms with E-state index in [1.165, 1.54) is 12.1 Å². The van der Waals surface area contributed by atoms with Crippen molar-refractivity contribution in [3.8, 4) is 0 Å². The molecule has 7 heteroatoms. The molecule has 0 aliphatic heterocycles. The highest BCUT2D eigenvalue weighted by Crippen LogP contribution is 2.16. The first-order chi connectivity index (χ1) is 8.97. The fourth-order valence-corrected chi connectivity index (χ4v) is 1.82. The van der Waals surface area contributed by atoms with Crippen molar-refractivity contribution in [3.05, 3.63) is 40.3 Å². The summed E-state index contributed by atoms with van der Waals surface area (Å²) >= 11 is 5.78. The lowest BCUT2D eigenvalue weighted by atomic mass is 10.2. The predicted molar refractivity (Wildman–Crippen MR) is 71.5 cm³/mol. The van der Waals surface area contributed by atoms with Crippen LogP contribution in [0.3, 0.4) is 0 Å². The Morgan fingerprint density at radius 3 is 2.84 bits per heavy atom. The van der Waals surface area contributed by atoms with Gasteiger partial charge in [-0.1, -0.05) is 11.6 Å². The van der Waals surface area contributed by atoms with Gasteiger partial charge in [0.1, 0.15) is 11.0 Å². The highest BCUT2D eigenvalue weighted by molar-refractivity contribution is 6.29. The normalized spacial score (nSPS) is 10.5. The van der Waals surface area contributed by atoms with Gasteiger partial charge in [-0.25, -0.2) is 9.78 Å². The van der Waals surface area contributed by atoms with Gasteiger partial charge in [0.25, 0.3) is 0 Å². The molecule has 2 aromatic rings. The number of carbonyl (C=O) groups is 1.